The molecule has 0 saturated carbocycles. The monoisotopic (exact) mass is 918 g/mol. The van der Waals surface area contributed by atoms with Crippen molar-refractivity contribution in [1.82, 2.24) is 0 Å². The molecule has 2 heterocycles. The number of benzene rings is 4. The van der Waals surface area contributed by atoms with Gasteiger partial charge in [0.1, 0.15) is 24.7 Å². The number of aliphatic hydroxyl groups is 1. The Kier molecular flexibility index (Phi) is 16.9. The van der Waals surface area contributed by atoms with Gasteiger partial charge in [-0.3, -0.25) is 0 Å². The first-order chi connectivity index (χ1) is 30.7. The molecule has 0 amide bonds. The Hall–Kier alpha value is -4.14. The van der Waals surface area contributed by atoms with Gasteiger partial charge >= 0.3 is 0 Å². The van der Waals surface area contributed by atoms with Crippen LogP contribution in [0.25, 0.3) is 0 Å². The number of unbranched alkanes of at least 4 members (excludes halogenated alkanes) is 2. The minimum atomic E-state index is -3.70. The van der Waals surface area contributed by atoms with Crippen LogP contribution >= 0.6 is 0 Å². The maximum atomic E-state index is 14.0. The summed E-state index contributed by atoms with van der Waals surface area (Å²) in [6, 6.07) is 25.6. The molecule has 0 saturated heterocycles. The minimum Gasteiger partial charge on any atom is -0.491 e. The summed E-state index contributed by atoms with van der Waals surface area (Å²) in [5, 5.41) is 11.2. The van der Waals surface area contributed by atoms with Crippen molar-refractivity contribution < 1.29 is 40.9 Å². The van der Waals surface area contributed by atoms with Crippen molar-refractivity contribution in [2.24, 2.45) is 17.3 Å². The third-order valence-electron chi connectivity index (χ3n) is 13.9. The molecule has 2 aliphatic rings. The highest BCUT2D eigenvalue weighted by atomic mass is 32.2. The van der Waals surface area contributed by atoms with Gasteiger partial charge in [0.2, 0.25) is 0 Å². The molecule has 0 spiro atoms. The summed E-state index contributed by atoms with van der Waals surface area (Å²) in [5.74, 6) is 0.424. The average Bonchev–Trinajstić information content (AvgIpc) is 3.39. The molecule has 350 valence electrons. The number of anilines is 2. The van der Waals surface area contributed by atoms with E-state index in [4.69, 9.17) is 30.4 Å². The van der Waals surface area contributed by atoms with Gasteiger partial charge in [-0.25, -0.2) is 16.8 Å². The zero-order valence-corrected chi connectivity index (χ0v) is 40.0. The number of ether oxygens (including phenoxy) is 4. The lowest BCUT2D eigenvalue weighted by Crippen LogP contribution is -2.37. The number of fused-ring (bicyclic) bond motifs is 2. The highest BCUT2D eigenvalue weighted by molar-refractivity contribution is 7.92. The molecule has 13 heteroatoms. The van der Waals surface area contributed by atoms with E-state index in [9.17, 15) is 21.9 Å². The standard InChI is InChI=1S/C51H70N2O9S2/c1-6-10-12-46-42(8-3)50(54)49(44-33-39(53)18-24-47(44)64(46,57)58)37-15-21-41(22-16-37)62-31-29-60-27-26-59-28-30-61-40-19-13-36(14-20-40)48-35(5)51(9-4,25-11-7-2)34-63(55,56)45-23-17-38(52)32-43(45)48/h13-24,32-33,35,42,46,48-50,54H,6-12,25-31,34,52-53H2,1-5H3/t35-,42+,46+,48-,49-,50-,51+/m0/s1. The van der Waals surface area contributed by atoms with Gasteiger partial charge < -0.3 is 35.5 Å². The summed E-state index contributed by atoms with van der Waals surface area (Å²) < 4.78 is 79.3. The fourth-order valence-corrected chi connectivity index (χ4v) is 15.0. The van der Waals surface area contributed by atoms with Crippen LogP contribution in [0.15, 0.2) is 94.7 Å². The Balaban J connectivity index is 0.964. The van der Waals surface area contributed by atoms with Gasteiger partial charge in [0.25, 0.3) is 0 Å². The molecule has 0 bridgehead atoms. The van der Waals surface area contributed by atoms with Gasteiger partial charge in [0.15, 0.2) is 19.7 Å². The fourth-order valence-electron chi connectivity index (χ4n) is 10.3. The van der Waals surface area contributed by atoms with Crippen LogP contribution < -0.4 is 20.9 Å². The van der Waals surface area contributed by atoms with Gasteiger partial charge in [-0.1, -0.05) is 84.6 Å². The predicted octanol–water partition coefficient (Wildman–Crippen LogP) is 9.35. The first-order valence-corrected chi connectivity index (χ1v) is 26.5. The van der Waals surface area contributed by atoms with E-state index in [2.05, 4.69) is 20.8 Å². The summed E-state index contributed by atoms with van der Waals surface area (Å²) in [4.78, 5) is 0.643. The summed E-state index contributed by atoms with van der Waals surface area (Å²) in [7, 11) is -7.22. The topological polar surface area (TPSA) is 177 Å². The van der Waals surface area contributed by atoms with Crippen LogP contribution in [0, 0.1) is 17.3 Å². The molecule has 0 aromatic heterocycles. The highest BCUT2D eigenvalue weighted by Gasteiger charge is 2.48. The third kappa shape index (κ3) is 10.9. The SMILES string of the molecule is CCCC[C@@H]1[C@@H](CC)[C@H](O)[C@@H](c2ccc(OCCOCCOCCOc3ccc([C@H]4c5cc(N)ccc5S(=O)(=O)C[C@@](CC)(CCCC)[C@H]4C)cc3)cc2)c2cc(N)ccc2S1(=O)=O. The third-order valence-corrected chi connectivity index (χ3v) is 18.2. The number of hydrogen-bond donors (Lipinski definition) is 3. The first kappa shape index (κ1) is 49.3. The molecule has 2 aliphatic heterocycles. The van der Waals surface area contributed by atoms with Crippen molar-refractivity contribution in [3.63, 3.8) is 0 Å². The average molecular weight is 919 g/mol. The molecule has 4 aromatic carbocycles. The van der Waals surface area contributed by atoms with Crippen LogP contribution in [0.2, 0.25) is 0 Å². The second-order valence-corrected chi connectivity index (χ2v) is 21.9. The smallest absolute Gasteiger partial charge is 0.181 e. The Labute approximate surface area is 382 Å². The molecule has 11 nitrogen and oxygen atoms in total. The van der Waals surface area contributed by atoms with Crippen LogP contribution in [0.5, 0.6) is 11.5 Å². The van der Waals surface area contributed by atoms with Gasteiger partial charge in [-0.15, -0.1) is 0 Å². The van der Waals surface area contributed by atoms with Gasteiger partial charge in [-0.05, 0) is 120 Å². The highest BCUT2D eigenvalue weighted by Crippen LogP contribution is 2.53. The zero-order valence-electron chi connectivity index (χ0n) is 38.3. The van der Waals surface area contributed by atoms with E-state index in [1.54, 1.807) is 30.3 Å². The van der Waals surface area contributed by atoms with Crippen molar-refractivity contribution in [2.75, 3.05) is 56.9 Å². The van der Waals surface area contributed by atoms with E-state index in [0.717, 1.165) is 55.2 Å². The van der Waals surface area contributed by atoms with Crippen molar-refractivity contribution >= 4 is 31.0 Å². The molecule has 4 aromatic rings. The quantitative estimate of drug-likeness (QED) is 0.0536. The molecule has 0 fully saturated rings. The van der Waals surface area contributed by atoms with E-state index < -0.39 is 42.9 Å². The Morgan fingerprint density at radius 3 is 1.67 bits per heavy atom. The molecule has 6 rings (SSSR count). The number of sulfone groups is 2. The molecule has 7 atom stereocenters. The lowest BCUT2D eigenvalue weighted by molar-refractivity contribution is 0.0273. The Morgan fingerprint density at radius 2 is 1.16 bits per heavy atom. The van der Waals surface area contributed by atoms with Crippen LogP contribution in [0.1, 0.15) is 120 Å². The summed E-state index contributed by atoms with van der Waals surface area (Å²) in [6.07, 6.45) is 5.39. The lowest BCUT2D eigenvalue weighted by atomic mass is 9.64. The number of hydrogen-bond acceptors (Lipinski definition) is 11. The minimum absolute atomic E-state index is 0.0677. The summed E-state index contributed by atoms with van der Waals surface area (Å²) >= 11 is 0. The lowest BCUT2D eigenvalue weighted by Gasteiger charge is -2.41. The van der Waals surface area contributed by atoms with E-state index in [0.29, 0.717) is 85.8 Å². The number of nitrogens with two attached hydrogens (primary N) is 2. The second-order valence-electron chi connectivity index (χ2n) is 17.8. The van der Waals surface area contributed by atoms with Crippen LogP contribution in [-0.2, 0) is 29.1 Å². The molecular weight excluding hydrogens is 849 g/mol. The molecule has 0 radical (unpaired) electrons. The molecule has 5 N–H and O–H groups in total. The Morgan fingerprint density at radius 1 is 0.656 bits per heavy atom. The van der Waals surface area contributed by atoms with Crippen molar-refractivity contribution in [1.29, 1.82) is 0 Å². The van der Waals surface area contributed by atoms with Crippen LogP contribution in [-0.4, -0.2) is 78.7 Å². The summed E-state index contributed by atoms with van der Waals surface area (Å²) in [5.41, 5.74) is 16.3. The summed E-state index contributed by atoms with van der Waals surface area (Å²) in [6.45, 7) is 12.7. The van der Waals surface area contributed by atoms with Crippen LogP contribution in [0.4, 0.5) is 11.4 Å². The number of nitrogen functional groups attached to an aromatic ring is 2. The normalized spacial score (nSPS) is 24.8. The maximum Gasteiger partial charge on any atom is 0.181 e. The van der Waals surface area contributed by atoms with Crippen molar-refractivity contribution in [2.45, 2.75) is 119 Å². The van der Waals surface area contributed by atoms with E-state index in [1.165, 1.54) is 0 Å². The second kappa shape index (κ2) is 21.9. The first-order valence-electron chi connectivity index (χ1n) is 23.3. The van der Waals surface area contributed by atoms with Crippen LogP contribution in [0.3, 0.4) is 0 Å². The Bertz CT molecular complexity index is 2360. The van der Waals surface area contributed by atoms with Crippen molar-refractivity contribution in [3.8, 4) is 11.5 Å². The number of aliphatic hydroxyl groups excluding tert-OH is 1. The maximum absolute atomic E-state index is 14.0. The molecule has 64 heavy (non-hydrogen) atoms. The van der Waals surface area contributed by atoms with Crippen molar-refractivity contribution in [3.05, 3.63) is 107 Å². The number of rotatable bonds is 21. The largest absolute Gasteiger partial charge is 0.491 e. The molecular formula is C51H70N2O9S2. The molecule has 0 aliphatic carbocycles. The van der Waals surface area contributed by atoms with E-state index >= 15 is 0 Å². The zero-order chi connectivity index (χ0) is 46.1. The van der Waals surface area contributed by atoms with E-state index in [-0.39, 0.29) is 27.9 Å². The molecule has 0 unspecified atom stereocenters. The van der Waals surface area contributed by atoms with Gasteiger partial charge in [-0.2, -0.15) is 0 Å². The fraction of sp³-hybridized carbons (Fsp3) is 0.529. The van der Waals surface area contributed by atoms with E-state index in [1.807, 2.05) is 68.4 Å². The van der Waals surface area contributed by atoms with Gasteiger partial charge in [0, 0.05) is 29.1 Å². The predicted molar refractivity (Wildman–Crippen MR) is 255 cm³/mol. The van der Waals surface area contributed by atoms with Gasteiger partial charge in [0.05, 0.1) is 53.3 Å².